The van der Waals surface area contributed by atoms with Crippen molar-refractivity contribution in [3.05, 3.63) is 88.8 Å². The lowest BCUT2D eigenvalue weighted by atomic mass is 10.1. The van der Waals surface area contributed by atoms with Gasteiger partial charge >= 0.3 is 6.18 Å². The van der Waals surface area contributed by atoms with Crippen LogP contribution in [0.4, 0.5) is 19.0 Å². The molecule has 186 valence electrons. The molecule has 0 radical (unpaired) electrons. The van der Waals surface area contributed by atoms with Crippen LogP contribution in [0.1, 0.15) is 51.9 Å². The average molecular weight is 495 g/mol. The maximum Gasteiger partial charge on any atom is 0.417 e. The van der Waals surface area contributed by atoms with Crippen molar-refractivity contribution in [3.8, 4) is 0 Å². The zero-order valence-electron chi connectivity index (χ0n) is 19.9. The topological polar surface area (TPSA) is 97.9 Å². The van der Waals surface area contributed by atoms with Gasteiger partial charge in [0.1, 0.15) is 5.82 Å². The maximum absolute atomic E-state index is 13.7. The first-order valence-electron chi connectivity index (χ1n) is 11.4. The van der Waals surface area contributed by atoms with E-state index in [0.29, 0.717) is 34.7 Å². The van der Waals surface area contributed by atoms with Crippen LogP contribution in [-0.2, 0) is 25.7 Å². The number of aryl methyl sites for hydroxylation is 2. The number of benzene rings is 1. The fourth-order valence-corrected chi connectivity index (χ4v) is 3.85. The molecule has 0 saturated heterocycles. The van der Waals surface area contributed by atoms with E-state index in [1.165, 1.54) is 11.0 Å². The second-order valence-electron chi connectivity index (χ2n) is 8.49. The van der Waals surface area contributed by atoms with Crippen molar-refractivity contribution in [3.63, 3.8) is 0 Å². The molecule has 0 saturated carbocycles. The highest BCUT2D eigenvalue weighted by Gasteiger charge is 2.31. The molecule has 0 aliphatic rings. The molecule has 1 aromatic carbocycles. The average Bonchev–Trinajstić information content (AvgIpc) is 2.85. The van der Waals surface area contributed by atoms with E-state index in [9.17, 15) is 18.0 Å². The summed E-state index contributed by atoms with van der Waals surface area (Å²) in [5, 5.41) is 0.756. The molecule has 1 amide bonds. The number of carbonyl (C=O) groups is 1. The Hall–Kier alpha value is -4.08. The summed E-state index contributed by atoms with van der Waals surface area (Å²) in [6, 6.07) is 9.21. The van der Waals surface area contributed by atoms with Gasteiger partial charge in [0.15, 0.2) is 0 Å². The smallest absolute Gasteiger partial charge is 0.383 e. The van der Waals surface area contributed by atoms with Gasteiger partial charge in [-0.05, 0) is 55.3 Å². The quantitative estimate of drug-likeness (QED) is 0.383. The Morgan fingerprint density at radius 1 is 1.00 bits per heavy atom. The van der Waals surface area contributed by atoms with Gasteiger partial charge in [-0.25, -0.2) is 4.98 Å². The highest BCUT2D eigenvalue weighted by Crippen LogP contribution is 2.28. The van der Waals surface area contributed by atoms with Crippen LogP contribution in [0.3, 0.4) is 0 Å². The van der Waals surface area contributed by atoms with E-state index in [-0.39, 0.29) is 19.0 Å². The fraction of sp³-hybridized carbons (Fsp3) is 0.269. The van der Waals surface area contributed by atoms with E-state index in [2.05, 4.69) is 19.9 Å². The molecule has 0 aliphatic carbocycles. The van der Waals surface area contributed by atoms with E-state index in [4.69, 9.17) is 5.73 Å². The number of nitrogens with zero attached hydrogens (tertiary/aromatic N) is 5. The number of amides is 1. The van der Waals surface area contributed by atoms with Crippen molar-refractivity contribution in [2.45, 2.75) is 46.0 Å². The second kappa shape index (κ2) is 10.3. The largest absolute Gasteiger partial charge is 0.417 e. The van der Waals surface area contributed by atoms with E-state index < -0.39 is 11.7 Å². The van der Waals surface area contributed by atoms with Crippen molar-refractivity contribution >= 4 is 22.6 Å². The summed E-state index contributed by atoms with van der Waals surface area (Å²) in [6.07, 6.45) is 0.977. The summed E-state index contributed by atoms with van der Waals surface area (Å²) in [5.41, 5.74) is 8.63. The summed E-state index contributed by atoms with van der Waals surface area (Å²) in [6.45, 7) is 3.98. The number of hydrogen-bond donors (Lipinski definition) is 1. The number of rotatable bonds is 7. The number of halogens is 3. The molecule has 0 bridgehead atoms. The van der Waals surface area contributed by atoms with Crippen LogP contribution in [0.2, 0.25) is 0 Å². The molecule has 3 aromatic heterocycles. The molecule has 0 unspecified atom stereocenters. The molecule has 4 aromatic rings. The Bertz CT molecular complexity index is 1390. The number of hydrogen-bond acceptors (Lipinski definition) is 6. The highest BCUT2D eigenvalue weighted by atomic mass is 19.4. The Labute approximate surface area is 206 Å². The third-order valence-corrected chi connectivity index (χ3v) is 5.77. The number of anilines is 1. The monoisotopic (exact) mass is 494 g/mol. The molecule has 0 fully saturated rings. The molecule has 2 N–H and O–H groups in total. The van der Waals surface area contributed by atoms with Gasteiger partial charge in [0, 0.05) is 29.5 Å². The molecule has 0 atom stereocenters. The van der Waals surface area contributed by atoms with E-state index in [1.807, 2.05) is 19.9 Å². The Balaban J connectivity index is 1.69. The molecule has 4 rings (SSSR count). The minimum Gasteiger partial charge on any atom is -0.383 e. The molecule has 36 heavy (non-hydrogen) atoms. The van der Waals surface area contributed by atoms with Crippen LogP contribution in [-0.4, -0.2) is 30.7 Å². The predicted molar refractivity (Wildman–Crippen MR) is 130 cm³/mol. The molecular formula is C26H25F3N6O. The van der Waals surface area contributed by atoms with E-state index in [1.54, 1.807) is 30.6 Å². The first-order chi connectivity index (χ1) is 17.2. The molecule has 0 spiro atoms. The number of nitrogens with two attached hydrogens (primary N) is 1. The minimum absolute atomic E-state index is 0.00381. The zero-order chi connectivity index (χ0) is 25.9. The third kappa shape index (κ3) is 5.59. The SMILES string of the molecule is CCCc1nccnc1CN(Cc1ccc(C(F)(F)F)cn1)C(=O)c1ccc2nc(N)c(C)cc2c1. The van der Waals surface area contributed by atoms with Gasteiger partial charge in [-0.15, -0.1) is 0 Å². The molecule has 7 nitrogen and oxygen atoms in total. The summed E-state index contributed by atoms with van der Waals surface area (Å²) in [5.74, 6) is 0.101. The van der Waals surface area contributed by atoms with Gasteiger partial charge in [-0.2, -0.15) is 13.2 Å². The Morgan fingerprint density at radius 2 is 1.75 bits per heavy atom. The number of fused-ring (bicyclic) bond motifs is 1. The van der Waals surface area contributed by atoms with Gasteiger partial charge in [0.05, 0.1) is 41.3 Å². The molecular weight excluding hydrogens is 469 g/mol. The lowest BCUT2D eigenvalue weighted by Gasteiger charge is -2.23. The maximum atomic E-state index is 13.7. The van der Waals surface area contributed by atoms with Crippen LogP contribution in [0.15, 0.2) is 55.0 Å². The zero-order valence-corrected chi connectivity index (χ0v) is 19.9. The van der Waals surface area contributed by atoms with Crippen molar-refractivity contribution in [2.24, 2.45) is 0 Å². The van der Waals surface area contributed by atoms with Gasteiger partial charge in [-0.3, -0.25) is 19.7 Å². The summed E-state index contributed by atoms with van der Waals surface area (Å²) < 4.78 is 39.0. The van der Waals surface area contributed by atoms with Crippen molar-refractivity contribution in [1.29, 1.82) is 0 Å². The molecule has 0 aliphatic heterocycles. The van der Waals surface area contributed by atoms with E-state index >= 15 is 0 Å². The fourth-order valence-electron chi connectivity index (χ4n) is 3.85. The van der Waals surface area contributed by atoms with Crippen LogP contribution >= 0.6 is 0 Å². The van der Waals surface area contributed by atoms with E-state index in [0.717, 1.165) is 35.3 Å². The van der Waals surface area contributed by atoms with Crippen LogP contribution in [0, 0.1) is 6.92 Å². The van der Waals surface area contributed by atoms with Gasteiger partial charge < -0.3 is 10.6 Å². The Kier molecular flexibility index (Phi) is 7.14. The number of nitrogen functional groups attached to an aromatic ring is 1. The summed E-state index contributed by atoms with van der Waals surface area (Å²) in [7, 11) is 0. The third-order valence-electron chi connectivity index (χ3n) is 5.77. The van der Waals surface area contributed by atoms with Crippen LogP contribution in [0.25, 0.3) is 10.9 Å². The second-order valence-corrected chi connectivity index (χ2v) is 8.49. The first-order valence-corrected chi connectivity index (χ1v) is 11.4. The van der Waals surface area contributed by atoms with Crippen molar-refractivity contribution in [1.82, 2.24) is 24.8 Å². The van der Waals surface area contributed by atoms with Gasteiger partial charge in [0.2, 0.25) is 0 Å². The lowest BCUT2D eigenvalue weighted by molar-refractivity contribution is -0.137. The summed E-state index contributed by atoms with van der Waals surface area (Å²) >= 11 is 0. The standard InChI is InChI=1S/C26H25F3N6O/c1-3-4-22-23(32-10-9-31-22)15-35(14-20-7-6-19(13-33-20)26(27,28)29)25(36)17-5-8-21-18(12-17)11-16(2)24(30)34-21/h5-13H,3-4,14-15H2,1-2H3,(H2,30,34). The van der Waals surface area contributed by atoms with Crippen molar-refractivity contribution in [2.75, 3.05) is 5.73 Å². The van der Waals surface area contributed by atoms with Gasteiger partial charge in [-0.1, -0.05) is 13.3 Å². The first kappa shape index (κ1) is 25.0. The van der Waals surface area contributed by atoms with Gasteiger partial charge in [0.25, 0.3) is 5.91 Å². The predicted octanol–water partition coefficient (Wildman–Crippen LogP) is 5.12. The van der Waals surface area contributed by atoms with Crippen LogP contribution < -0.4 is 5.73 Å². The summed E-state index contributed by atoms with van der Waals surface area (Å²) in [4.78, 5) is 32.3. The van der Waals surface area contributed by atoms with Crippen LogP contribution in [0.5, 0.6) is 0 Å². The Morgan fingerprint density at radius 3 is 2.42 bits per heavy atom. The molecule has 3 heterocycles. The highest BCUT2D eigenvalue weighted by molar-refractivity contribution is 5.98. The lowest BCUT2D eigenvalue weighted by Crippen LogP contribution is -2.31. The number of pyridine rings is 2. The van der Waals surface area contributed by atoms with Crippen molar-refractivity contribution < 1.29 is 18.0 Å². The number of aromatic nitrogens is 4. The minimum atomic E-state index is -4.49. The number of carbonyl (C=O) groups excluding carboxylic acids is 1. The molecule has 10 heteroatoms. The number of alkyl halides is 3. The normalized spacial score (nSPS) is 11.6.